The molecule has 1 aliphatic carbocycles. The Morgan fingerprint density at radius 2 is 2.40 bits per heavy atom. The van der Waals surface area contributed by atoms with Crippen LogP contribution in [0.25, 0.3) is 0 Å². The first-order chi connectivity index (χ1) is 7.29. The van der Waals surface area contributed by atoms with Gasteiger partial charge < -0.3 is 15.0 Å². The third-order valence-electron chi connectivity index (χ3n) is 2.86. The Morgan fingerprint density at radius 1 is 1.60 bits per heavy atom. The highest BCUT2D eigenvalue weighted by atomic mass is 16.5. The maximum atomic E-state index is 5.74. The molecule has 2 rings (SSSR count). The fourth-order valence-corrected chi connectivity index (χ4v) is 1.86. The van der Waals surface area contributed by atoms with Crippen LogP contribution in [-0.4, -0.2) is 21.7 Å². The number of nitrogens with zero attached hydrogens (tertiary/aromatic N) is 2. The monoisotopic (exact) mass is 209 g/mol. The highest BCUT2D eigenvalue weighted by molar-refractivity contribution is 4.97. The second-order valence-corrected chi connectivity index (χ2v) is 4.24. The number of nitrogens with two attached hydrogens (primary N) is 1. The number of ether oxygens (including phenoxy) is 1. The van der Waals surface area contributed by atoms with E-state index in [0.717, 1.165) is 31.5 Å². The van der Waals surface area contributed by atoms with Crippen LogP contribution in [0.3, 0.4) is 0 Å². The summed E-state index contributed by atoms with van der Waals surface area (Å²) in [5.41, 5.74) is 6.86. The van der Waals surface area contributed by atoms with Crippen molar-refractivity contribution in [3.63, 3.8) is 0 Å². The molecule has 4 heteroatoms. The molecular weight excluding hydrogens is 190 g/mol. The zero-order chi connectivity index (χ0) is 10.7. The zero-order valence-electron chi connectivity index (χ0n) is 9.22. The van der Waals surface area contributed by atoms with Gasteiger partial charge in [-0.25, -0.2) is 4.98 Å². The van der Waals surface area contributed by atoms with E-state index >= 15 is 0 Å². The van der Waals surface area contributed by atoms with Crippen molar-refractivity contribution in [1.29, 1.82) is 0 Å². The lowest BCUT2D eigenvalue weighted by molar-refractivity contribution is -0.0212. The summed E-state index contributed by atoms with van der Waals surface area (Å²) in [5, 5.41) is 0. The van der Waals surface area contributed by atoms with Crippen molar-refractivity contribution in [2.24, 2.45) is 5.73 Å². The largest absolute Gasteiger partial charge is 0.372 e. The van der Waals surface area contributed by atoms with Gasteiger partial charge in [0.2, 0.25) is 0 Å². The number of aromatic nitrogens is 2. The first-order valence-electron chi connectivity index (χ1n) is 5.65. The van der Waals surface area contributed by atoms with Gasteiger partial charge in [-0.1, -0.05) is 6.92 Å². The average molecular weight is 209 g/mol. The minimum atomic E-state index is 0.357. The molecule has 1 aromatic rings. The topological polar surface area (TPSA) is 53.1 Å². The zero-order valence-corrected chi connectivity index (χ0v) is 9.22. The number of imidazole rings is 1. The van der Waals surface area contributed by atoms with Crippen LogP contribution in [0.2, 0.25) is 0 Å². The Labute approximate surface area is 90.4 Å². The maximum Gasteiger partial charge on any atom is 0.0948 e. The SMILES string of the molecule is CCCn1cncc1COC1CC(N)C1. The lowest BCUT2D eigenvalue weighted by Crippen LogP contribution is -2.41. The van der Waals surface area contributed by atoms with Gasteiger partial charge in [0.15, 0.2) is 0 Å². The molecule has 0 atom stereocenters. The van der Waals surface area contributed by atoms with E-state index in [1.165, 1.54) is 0 Å². The standard InChI is InChI=1S/C11H19N3O/c1-2-3-14-8-13-6-10(14)7-15-11-4-9(12)5-11/h6,8-9,11H,2-5,7,12H2,1H3. The van der Waals surface area contributed by atoms with Crippen molar-refractivity contribution in [2.45, 2.75) is 51.5 Å². The second-order valence-electron chi connectivity index (χ2n) is 4.24. The van der Waals surface area contributed by atoms with E-state index in [9.17, 15) is 0 Å². The van der Waals surface area contributed by atoms with E-state index in [4.69, 9.17) is 10.5 Å². The quantitative estimate of drug-likeness (QED) is 0.795. The predicted molar refractivity (Wildman–Crippen MR) is 58.3 cm³/mol. The summed E-state index contributed by atoms with van der Waals surface area (Å²) in [5.74, 6) is 0. The highest BCUT2D eigenvalue weighted by Gasteiger charge is 2.26. The normalized spacial score (nSPS) is 25.2. The summed E-state index contributed by atoms with van der Waals surface area (Å²) < 4.78 is 7.89. The Balaban J connectivity index is 1.79. The fourth-order valence-electron chi connectivity index (χ4n) is 1.86. The number of rotatable bonds is 5. The van der Waals surface area contributed by atoms with E-state index in [1.807, 2.05) is 12.5 Å². The van der Waals surface area contributed by atoms with E-state index in [1.54, 1.807) is 0 Å². The van der Waals surface area contributed by atoms with Gasteiger partial charge >= 0.3 is 0 Å². The number of aryl methyl sites for hydroxylation is 1. The number of hydrogen-bond acceptors (Lipinski definition) is 3. The van der Waals surface area contributed by atoms with Gasteiger partial charge in [-0.3, -0.25) is 0 Å². The lowest BCUT2D eigenvalue weighted by Gasteiger charge is -2.32. The van der Waals surface area contributed by atoms with Gasteiger partial charge in [-0.15, -0.1) is 0 Å². The molecule has 2 N–H and O–H groups in total. The molecule has 1 fully saturated rings. The van der Waals surface area contributed by atoms with Gasteiger partial charge in [0, 0.05) is 12.6 Å². The van der Waals surface area contributed by atoms with E-state index in [2.05, 4.69) is 16.5 Å². The summed E-state index contributed by atoms with van der Waals surface area (Å²) >= 11 is 0. The van der Waals surface area contributed by atoms with Gasteiger partial charge in [0.1, 0.15) is 0 Å². The van der Waals surface area contributed by atoms with E-state index < -0.39 is 0 Å². The smallest absolute Gasteiger partial charge is 0.0948 e. The van der Waals surface area contributed by atoms with E-state index in [0.29, 0.717) is 18.8 Å². The molecule has 0 radical (unpaired) electrons. The minimum absolute atomic E-state index is 0.357. The highest BCUT2D eigenvalue weighted by Crippen LogP contribution is 2.22. The van der Waals surface area contributed by atoms with Crippen molar-refractivity contribution in [1.82, 2.24) is 9.55 Å². The van der Waals surface area contributed by atoms with Crippen LogP contribution in [0.4, 0.5) is 0 Å². The molecule has 0 saturated heterocycles. The van der Waals surface area contributed by atoms with Crippen LogP contribution in [0, 0.1) is 0 Å². The lowest BCUT2D eigenvalue weighted by atomic mass is 9.90. The Hall–Kier alpha value is -0.870. The third kappa shape index (κ3) is 2.58. The molecule has 1 aromatic heterocycles. The first-order valence-corrected chi connectivity index (χ1v) is 5.65. The molecule has 0 bridgehead atoms. The third-order valence-corrected chi connectivity index (χ3v) is 2.86. The molecule has 0 aliphatic heterocycles. The number of hydrogen-bond donors (Lipinski definition) is 1. The molecule has 1 saturated carbocycles. The molecule has 0 spiro atoms. The Morgan fingerprint density at radius 3 is 3.07 bits per heavy atom. The minimum Gasteiger partial charge on any atom is -0.372 e. The molecule has 15 heavy (non-hydrogen) atoms. The van der Waals surface area contributed by atoms with Crippen molar-refractivity contribution in [3.8, 4) is 0 Å². The van der Waals surface area contributed by atoms with E-state index in [-0.39, 0.29) is 0 Å². The summed E-state index contributed by atoms with van der Waals surface area (Å²) in [6, 6.07) is 0.357. The molecule has 0 aromatic carbocycles. The molecule has 0 amide bonds. The molecular formula is C11H19N3O. The van der Waals surface area contributed by atoms with Gasteiger partial charge in [-0.2, -0.15) is 0 Å². The summed E-state index contributed by atoms with van der Waals surface area (Å²) in [4.78, 5) is 4.14. The predicted octanol–water partition coefficient (Wildman–Crippen LogP) is 1.30. The van der Waals surface area contributed by atoms with Crippen molar-refractivity contribution in [3.05, 3.63) is 18.2 Å². The van der Waals surface area contributed by atoms with Crippen LogP contribution in [0.5, 0.6) is 0 Å². The fraction of sp³-hybridized carbons (Fsp3) is 0.727. The van der Waals surface area contributed by atoms with Crippen molar-refractivity contribution < 1.29 is 4.74 Å². The first kappa shape index (κ1) is 10.6. The van der Waals surface area contributed by atoms with Gasteiger partial charge in [0.05, 0.1) is 30.9 Å². The summed E-state index contributed by atoms with van der Waals surface area (Å²) in [6.07, 6.45) is 7.25. The average Bonchev–Trinajstić information content (AvgIpc) is 2.59. The molecule has 84 valence electrons. The van der Waals surface area contributed by atoms with Crippen molar-refractivity contribution >= 4 is 0 Å². The van der Waals surface area contributed by atoms with Gasteiger partial charge in [0.25, 0.3) is 0 Å². The molecule has 1 heterocycles. The summed E-state index contributed by atoms with van der Waals surface area (Å²) in [7, 11) is 0. The van der Waals surface area contributed by atoms with Crippen LogP contribution in [0.1, 0.15) is 31.9 Å². The second kappa shape index (κ2) is 4.77. The Bertz CT molecular complexity index is 305. The molecule has 0 unspecified atom stereocenters. The summed E-state index contributed by atoms with van der Waals surface area (Å²) in [6.45, 7) is 3.84. The van der Waals surface area contributed by atoms with Crippen LogP contribution >= 0.6 is 0 Å². The van der Waals surface area contributed by atoms with Crippen LogP contribution < -0.4 is 5.73 Å². The van der Waals surface area contributed by atoms with Crippen LogP contribution in [0.15, 0.2) is 12.5 Å². The maximum absolute atomic E-state index is 5.74. The van der Waals surface area contributed by atoms with Crippen LogP contribution in [-0.2, 0) is 17.9 Å². The van der Waals surface area contributed by atoms with Gasteiger partial charge in [-0.05, 0) is 19.3 Å². The molecule has 1 aliphatic rings. The Kier molecular flexibility index (Phi) is 3.38. The van der Waals surface area contributed by atoms with Crippen molar-refractivity contribution in [2.75, 3.05) is 0 Å². The molecule has 4 nitrogen and oxygen atoms in total.